The molecule has 0 aliphatic carbocycles. The molecule has 8 heteroatoms. The zero-order chi connectivity index (χ0) is 38.7. The Hall–Kier alpha value is -2.32. The Morgan fingerprint density at radius 1 is 0.389 bits per heavy atom. The lowest BCUT2D eigenvalue weighted by Gasteiger charge is -2.27. The van der Waals surface area contributed by atoms with Gasteiger partial charge in [-0.15, -0.1) is 22.7 Å². The molecule has 0 spiro atoms. The average Bonchev–Trinajstić information content (AvgIpc) is 3.92. The van der Waals surface area contributed by atoms with Crippen LogP contribution in [0.2, 0.25) is 0 Å². The van der Waals surface area contributed by atoms with Crippen molar-refractivity contribution in [1.29, 1.82) is 0 Å². The number of amides is 4. The molecule has 0 N–H and O–H groups in total. The monoisotopic (exact) mass is 780 g/mol. The highest BCUT2D eigenvalue weighted by Gasteiger charge is 2.46. The molecule has 4 rings (SSSR count). The summed E-state index contributed by atoms with van der Waals surface area (Å²) in [6.07, 6.45) is 31.6. The van der Waals surface area contributed by atoms with Gasteiger partial charge in [-0.3, -0.25) is 29.0 Å². The largest absolute Gasteiger partial charge is 0.271 e. The van der Waals surface area contributed by atoms with Crippen LogP contribution < -0.4 is 0 Å². The van der Waals surface area contributed by atoms with Crippen LogP contribution in [-0.4, -0.2) is 45.5 Å². The molecule has 0 fully saturated rings. The second-order valence-electron chi connectivity index (χ2n) is 16.2. The van der Waals surface area contributed by atoms with Crippen molar-refractivity contribution in [2.45, 2.75) is 220 Å². The van der Waals surface area contributed by atoms with Gasteiger partial charge in [0, 0.05) is 22.8 Å². The van der Waals surface area contributed by atoms with E-state index in [1.54, 1.807) is 9.80 Å². The number of hydrogen-bond acceptors (Lipinski definition) is 6. The minimum absolute atomic E-state index is 0.106. The van der Waals surface area contributed by atoms with Crippen molar-refractivity contribution in [1.82, 2.24) is 9.80 Å². The van der Waals surface area contributed by atoms with Crippen LogP contribution in [0.3, 0.4) is 0 Å². The zero-order valence-electron chi connectivity index (χ0n) is 34.5. The summed E-state index contributed by atoms with van der Waals surface area (Å²) in [5.41, 5.74) is 1.83. The van der Waals surface area contributed by atoms with Crippen LogP contribution in [-0.2, 0) is 0 Å². The van der Waals surface area contributed by atoms with Gasteiger partial charge in [0.05, 0.1) is 32.0 Å². The lowest BCUT2D eigenvalue weighted by molar-refractivity contribution is 0.0546. The second-order valence-corrected chi connectivity index (χ2v) is 18.0. The number of rotatable bonds is 31. The SMILES string of the molecule is CCCCCCCCC(CCCCCCCC)N1C(=O)c2csc(-c3scc4c3C(=O)N(C(CCCCCCCC)CCCCCCCC)C4=O)c2C1=O. The molecule has 4 heterocycles. The Morgan fingerprint density at radius 3 is 0.926 bits per heavy atom. The Kier molecular flexibility index (Phi) is 20.0. The molecular weight excluding hydrogens is 709 g/mol. The Bertz CT molecular complexity index is 1320. The number of hydrogen-bond donors (Lipinski definition) is 0. The van der Waals surface area contributed by atoms with Gasteiger partial charge in [0.25, 0.3) is 23.6 Å². The number of nitrogens with zero attached hydrogens (tertiary/aromatic N) is 2. The van der Waals surface area contributed by atoms with Crippen molar-refractivity contribution >= 4 is 46.3 Å². The first-order valence-corrected chi connectivity index (χ1v) is 24.2. The van der Waals surface area contributed by atoms with Crippen LogP contribution in [0.1, 0.15) is 249 Å². The molecule has 0 atom stereocenters. The molecule has 2 aromatic rings. The second kappa shape index (κ2) is 24.3. The van der Waals surface area contributed by atoms with E-state index >= 15 is 0 Å². The summed E-state index contributed by atoms with van der Waals surface area (Å²) in [5, 5.41) is 3.64. The summed E-state index contributed by atoms with van der Waals surface area (Å²) >= 11 is 2.75. The smallest absolute Gasteiger partial charge is 0.263 e. The third-order valence-electron chi connectivity index (χ3n) is 11.8. The zero-order valence-corrected chi connectivity index (χ0v) is 36.1. The fraction of sp³-hybridized carbons (Fsp3) is 0.739. The van der Waals surface area contributed by atoms with E-state index in [-0.39, 0.29) is 35.7 Å². The van der Waals surface area contributed by atoms with Gasteiger partial charge in [-0.1, -0.05) is 182 Å². The minimum atomic E-state index is -0.215. The standard InChI is InChI=1S/C46H72N2O4S2/c1-5-9-13-17-21-25-29-35(30-26-22-18-14-10-6-2)47-43(49)37-33-53-41(39(37)45(47)51)42-40-38(34-54-42)44(50)48(46(40)52)36(31-27-23-19-15-11-7-3)32-28-24-20-16-12-8-4/h33-36H,5-32H2,1-4H3. The van der Waals surface area contributed by atoms with Crippen LogP contribution in [0.25, 0.3) is 9.75 Å². The van der Waals surface area contributed by atoms with Gasteiger partial charge in [0.2, 0.25) is 0 Å². The van der Waals surface area contributed by atoms with Gasteiger partial charge in [0.15, 0.2) is 0 Å². The first-order valence-electron chi connectivity index (χ1n) is 22.4. The van der Waals surface area contributed by atoms with Gasteiger partial charge in [-0.2, -0.15) is 0 Å². The molecule has 2 aromatic heterocycles. The van der Waals surface area contributed by atoms with Crippen LogP contribution in [0.4, 0.5) is 0 Å². The summed E-state index contributed by atoms with van der Waals surface area (Å²) in [4.78, 5) is 61.3. The summed E-state index contributed by atoms with van der Waals surface area (Å²) in [7, 11) is 0. The summed E-state index contributed by atoms with van der Waals surface area (Å²) in [6.45, 7) is 8.92. The molecule has 54 heavy (non-hydrogen) atoms. The molecule has 2 aliphatic rings. The van der Waals surface area contributed by atoms with Crippen LogP contribution in [0, 0.1) is 0 Å². The summed E-state index contributed by atoms with van der Waals surface area (Å²) < 4.78 is 0. The highest BCUT2D eigenvalue weighted by molar-refractivity contribution is 7.21. The normalized spacial score (nSPS) is 14.2. The van der Waals surface area contributed by atoms with Crippen molar-refractivity contribution in [3.8, 4) is 9.75 Å². The molecule has 0 radical (unpaired) electrons. The molecule has 0 bridgehead atoms. The van der Waals surface area contributed by atoms with Gasteiger partial charge in [-0.05, 0) is 25.7 Å². The predicted molar refractivity (Wildman–Crippen MR) is 228 cm³/mol. The molecule has 4 amide bonds. The number of thiophene rings is 2. The Labute approximate surface area is 336 Å². The lowest BCUT2D eigenvalue weighted by Crippen LogP contribution is -2.40. The lowest BCUT2D eigenvalue weighted by atomic mass is 9.98. The average molecular weight is 781 g/mol. The molecule has 302 valence electrons. The van der Waals surface area contributed by atoms with Crippen LogP contribution in [0.15, 0.2) is 10.8 Å². The van der Waals surface area contributed by atoms with Crippen LogP contribution >= 0.6 is 22.7 Å². The van der Waals surface area contributed by atoms with E-state index in [0.29, 0.717) is 32.0 Å². The van der Waals surface area contributed by atoms with Crippen molar-refractivity contribution in [2.75, 3.05) is 0 Å². The molecular formula is C46H72N2O4S2. The van der Waals surface area contributed by atoms with E-state index < -0.39 is 0 Å². The van der Waals surface area contributed by atoms with E-state index in [2.05, 4.69) is 27.7 Å². The van der Waals surface area contributed by atoms with Gasteiger partial charge < -0.3 is 0 Å². The van der Waals surface area contributed by atoms with E-state index in [4.69, 9.17) is 0 Å². The fourth-order valence-electron chi connectivity index (χ4n) is 8.58. The summed E-state index contributed by atoms with van der Waals surface area (Å²) in [6, 6.07) is -0.213. The molecule has 0 aromatic carbocycles. The first-order chi connectivity index (χ1) is 26.4. The maximum absolute atomic E-state index is 14.4. The van der Waals surface area contributed by atoms with Crippen molar-refractivity contribution < 1.29 is 19.2 Å². The highest BCUT2D eigenvalue weighted by atomic mass is 32.1. The molecule has 0 unspecified atom stereocenters. The number of carbonyl (C=O) groups is 4. The van der Waals surface area contributed by atoms with Gasteiger partial charge >= 0.3 is 0 Å². The predicted octanol–water partition coefficient (Wildman–Crippen LogP) is 14.4. The van der Waals surface area contributed by atoms with Crippen LogP contribution in [0.5, 0.6) is 0 Å². The maximum atomic E-state index is 14.4. The quantitative estimate of drug-likeness (QED) is 0.0564. The van der Waals surface area contributed by atoms with Crippen molar-refractivity contribution in [3.05, 3.63) is 33.0 Å². The molecule has 0 saturated carbocycles. The van der Waals surface area contributed by atoms with Crippen molar-refractivity contribution in [3.63, 3.8) is 0 Å². The number of carbonyl (C=O) groups excluding carboxylic acids is 4. The molecule has 6 nitrogen and oxygen atoms in total. The Balaban J connectivity index is 1.51. The fourth-order valence-corrected chi connectivity index (χ4v) is 10.8. The molecule has 0 saturated heterocycles. The molecule has 2 aliphatic heterocycles. The van der Waals surface area contributed by atoms with Gasteiger partial charge in [0.1, 0.15) is 0 Å². The number of fused-ring (bicyclic) bond motifs is 2. The first kappa shape index (κ1) is 44.4. The van der Waals surface area contributed by atoms with Gasteiger partial charge in [-0.25, -0.2) is 0 Å². The maximum Gasteiger partial charge on any atom is 0.263 e. The summed E-state index contributed by atoms with van der Waals surface area (Å²) in [5.74, 6) is -0.801. The van der Waals surface area contributed by atoms with E-state index in [1.807, 2.05) is 10.8 Å². The Morgan fingerprint density at radius 2 is 0.648 bits per heavy atom. The minimum Gasteiger partial charge on any atom is -0.271 e. The topological polar surface area (TPSA) is 74.8 Å². The number of unbranched alkanes of at least 4 members (excludes halogenated alkanes) is 20. The third kappa shape index (κ3) is 11.8. The van der Waals surface area contributed by atoms with Crippen molar-refractivity contribution in [2.24, 2.45) is 0 Å². The van der Waals surface area contributed by atoms with E-state index in [0.717, 1.165) is 77.0 Å². The third-order valence-corrected chi connectivity index (χ3v) is 14.0. The number of imide groups is 2. The highest BCUT2D eigenvalue weighted by Crippen LogP contribution is 2.46. The van der Waals surface area contributed by atoms with E-state index in [1.165, 1.54) is 125 Å². The van der Waals surface area contributed by atoms with E-state index in [9.17, 15) is 19.2 Å².